The first kappa shape index (κ1) is 21.7. The third kappa shape index (κ3) is 5.80. The monoisotopic (exact) mass is 432 g/mol. The molecular weight excluding hydrogens is 404 g/mol. The maximum absolute atomic E-state index is 12.4. The maximum atomic E-state index is 12.4. The van der Waals surface area contributed by atoms with E-state index in [1.54, 1.807) is 7.11 Å². The third-order valence-corrected chi connectivity index (χ3v) is 5.49. The largest absolute Gasteiger partial charge is 0.497 e. The summed E-state index contributed by atoms with van der Waals surface area (Å²) < 4.78 is 16.5. The van der Waals surface area contributed by atoms with Gasteiger partial charge in [0.05, 0.1) is 13.7 Å². The molecule has 0 atom stereocenters. The first-order valence-electron chi connectivity index (χ1n) is 10.8. The van der Waals surface area contributed by atoms with Crippen molar-refractivity contribution in [3.63, 3.8) is 0 Å². The summed E-state index contributed by atoms with van der Waals surface area (Å²) in [5, 5.41) is 0. The van der Waals surface area contributed by atoms with Gasteiger partial charge >= 0.3 is 0 Å². The van der Waals surface area contributed by atoms with Crippen molar-refractivity contribution in [3.8, 4) is 11.5 Å². The van der Waals surface area contributed by atoms with Crippen LogP contribution in [-0.4, -0.2) is 44.8 Å². The fourth-order valence-corrected chi connectivity index (χ4v) is 3.69. The molecular formula is C26H28N2O4. The molecule has 0 radical (unpaired) electrons. The molecule has 0 aliphatic carbocycles. The molecule has 2 aromatic carbocycles. The van der Waals surface area contributed by atoms with Gasteiger partial charge in [0.2, 0.25) is 11.2 Å². The van der Waals surface area contributed by atoms with E-state index in [-0.39, 0.29) is 11.2 Å². The standard InChI is InChI=1S/C26H28N2O4/c1-30-23-11-9-22(10-12-23)28-15-13-27(14-16-28)19-24-18-25(29)26(20-32-24)31-17-5-8-21-6-3-2-4-7-21/h2-12,18,20H,13-17,19H2,1H3. The zero-order valence-electron chi connectivity index (χ0n) is 18.3. The number of rotatable bonds is 8. The van der Waals surface area contributed by atoms with Gasteiger partial charge < -0.3 is 18.8 Å². The number of anilines is 1. The Balaban J connectivity index is 1.25. The van der Waals surface area contributed by atoms with Crippen LogP contribution in [0.5, 0.6) is 11.5 Å². The fraction of sp³-hybridized carbons (Fsp3) is 0.269. The Kier molecular flexibility index (Phi) is 7.25. The maximum Gasteiger partial charge on any atom is 0.227 e. The van der Waals surface area contributed by atoms with Crippen LogP contribution in [0.3, 0.4) is 0 Å². The second-order valence-corrected chi connectivity index (χ2v) is 7.66. The number of hydrogen-bond donors (Lipinski definition) is 0. The molecule has 4 rings (SSSR count). The van der Waals surface area contributed by atoms with Gasteiger partial charge in [0, 0.05) is 37.9 Å². The van der Waals surface area contributed by atoms with Gasteiger partial charge in [-0.1, -0.05) is 36.4 Å². The molecule has 3 aromatic rings. The Morgan fingerprint density at radius 1 is 1.00 bits per heavy atom. The van der Waals surface area contributed by atoms with Crippen LogP contribution >= 0.6 is 0 Å². The lowest BCUT2D eigenvalue weighted by molar-refractivity contribution is 0.226. The zero-order valence-corrected chi connectivity index (χ0v) is 18.3. The van der Waals surface area contributed by atoms with Crippen molar-refractivity contribution >= 4 is 11.8 Å². The van der Waals surface area contributed by atoms with Crippen LogP contribution in [-0.2, 0) is 6.54 Å². The molecule has 1 saturated heterocycles. The van der Waals surface area contributed by atoms with Crippen molar-refractivity contribution in [1.82, 2.24) is 4.90 Å². The summed E-state index contributed by atoms with van der Waals surface area (Å²) in [7, 11) is 1.67. The van der Waals surface area contributed by atoms with Gasteiger partial charge in [-0.25, -0.2) is 0 Å². The van der Waals surface area contributed by atoms with E-state index in [0.29, 0.717) is 18.9 Å². The molecule has 6 heteroatoms. The van der Waals surface area contributed by atoms with E-state index in [0.717, 1.165) is 37.5 Å². The molecule has 1 fully saturated rings. The van der Waals surface area contributed by atoms with E-state index in [1.807, 2.05) is 54.6 Å². The zero-order chi connectivity index (χ0) is 22.2. The second-order valence-electron chi connectivity index (χ2n) is 7.66. The highest BCUT2D eigenvalue weighted by atomic mass is 16.5. The van der Waals surface area contributed by atoms with Crippen molar-refractivity contribution < 1.29 is 13.9 Å². The number of benzene rings is 2. The Hall–Kier alpha value is -3.51. The minimum absolute atomic E-state index is 0.156. The number of ether oxygens (including phenoxy) is 2. The van der Waals surface area contributed by atoms with Gasteiger partial charge in [-0.2, -0.15) is 0 Å². The Labute approximate surface area is 188 Å². The van der Waals surface area contributed by atoms with E-state index in [4.69, 9.17) is 13.9 Å². The van der Waals surface area contributed by atoms with Crippen LogP contribution in [0, 0.1) is 0 Å². The molecule has 1 aliphatic rings. The minimum Gasteiger partial charge on any atom is -0.497 e. The molecule has 0 bridgehead atoms. The number of piperazine rings is 1. The van der Waals surface area contributed by atoms with Crippen molar-refractivity contribution in [2.75, 3.05) is 44.8 Å². The summed E-state index contributed by atoms with van der Waals surface area (Å²) in [5.41, 5.74) is 2.13. The Morgan fingerprint density at radius 2 is 1.75 bits per heavy atom. The molecule has 32 heavy (non-hydrogen) atoms. The smallest absolute Gasteiger partial charge is 0.227 e. The van der Waals surface area contributed by atoms with Gasteiger partial charge in [0.1, 0.15) is 24.4 Å². The molecule has 0 N–H and O–H groups in total. The fourth-order valence-electron chi connectivity index (χ4n) is 3.69. The molecule has 6 nitrogen and oxygen atoms in total. The highest BCUT2D eigenvalue weighted by Gasteiger charge is 2.18. The lowest BCUT2D eigenvalue weighted by atomic mass is 10.2. The second kappa shape index (κ2) is 10.7. The highest BCUT2D eigenvalue weighted by Crippen LogP contribution is 2.21. The van der Waals surface area contributed by atoms with Crippen LogP contribution < -0.4 is 19.8 Å². The molecule has 1 aromatic heterocycles. The van der Waals surface area contributed by atoms with Crippen LogP contribution in [0.4, 0.5) is 5.69 Å². The number of nitrogens with zero attached hydrogens (tertiary/aromatic N) is 2. The van der Waals surface area contributed by atoms with Crippen molar-refractivity contribution in [2.24, 2.45) is 0 Å². The van der Waals surface area contributed by atoms with E-state index >= 15 is 0 Å². The molecule has 0 unspecified atom stereocenters. The number of methoxy groups -OCH3 is 1. The molecule has 0 amide bonds. The van der Waals surface area contributed by atoms with Gasteiger partial charge in [-0.05, 0) is 35.9 Å². The van der Waals surface area contributed by atoms with Crippen LogP contribution in [0.15, 0.2) is 82.2 Å². The van der Waals surface area contributed by atoms with Gasteiger partial charge in [-0.15, -0.1) is 0 Å². The summed E-state index contributed by atoms with van der Waals surface area (Å²) in [6.45, 7) is 4.57. The predicted octanol–water partition coefficient (Wildman–Crippen LogP) is 4.06. The molecule has 0 saturated carbocycles. The van der Waals surface area contributed by atoms with Gasteiger partial charge in [0.15, 0.2) is 0 Å². The summed E-state index contributed by atoms with van der Waals surface area (Å²) in [5.74, 6) is 1.75. The van der Waals surface area contributed by atoms with Crippen molar-refractivity contribution in [1.29, 1.82) is 0 Å². The first-order valence-corrected chi connectivity index (χ1v) is 10.8. The van der Waals surface area contributed by atoms with Gasteiger partial charge in [0.25, 0.3) is 0 Å². The van der Waals surface area contributed by atoms with E-state index < -0.39 is 0 Å². The normalized spacial score (nSPS) is 14.6. The average molecular weight is 433 g/mol. The molecule has 166 valence electrons. The van der Waals surface area contributed by atoms with Crippen LogP contribution in [0.25, 0.3) is 6.08 Å². The van der Waals surface area contributed by atoms with Crippen molar-refractivity contribution in [3.05, 3.63) is 94.5 Å². The lowest BCUT2D eigenvalue weighted by Crippen LogP contribution is -2.46. The Bertz CT molecular complexity index is 1070. The first-order chi connectivity index (χ1) is 15.7. The SMILES string of the molecule is COc1ccc(N2CCN(Cc3cc(=O)c(OCC=Cc4ccccc4)co3)CC2)cc1. The quantitative estimate of drug-likeness (QED) is 0.535. The van der Waals surface area contributed by atoms with Crippen LogP contribution in [0.1, 0.15) is 11.3 Å². The molecule has 1 aliphatic heterocycles. The van der Waals surface area contributed by atoms with E-state index in [2.05, 4.69) is 21.9 Å². The molecule has 2 heterocycles. The number of hydrogen-bond acceptors (Lipinski definition) is 6. The lowest BCUT2D eigenvalue weighted by Gasteiger charge is -2.35. The summed E-state index contributed by atoms with van der Waals surface area (Å²) >= 11 is 0. The van der Waals surface area contributed by atoms with E-state index in [1.165, 1.54) is 18.0 Å². The van der Waals surface area contributed by atoms with E-state index in [9.17, 15) is 4.79 Å². The Morgan fingerprint density at radius 3 is 2.44 bits per heavy atom. The van der Waals surface area contributed by atoms with Gasteiger partial charge in [-0.3, -0.25) is 9.69 Å². The predicted molar refractivity (Wildman–Crippen MR) is 126 cm³/mol. The van der Waals surface area contributed by atoms with Crippen LogP contribution in [0.2, 0.25) is 0 Å². The summed E-state index contributed by atoms with van der Waals surface area (Å²) in [6.07, 6.45) is 5.26. The summed E-state index contributed by atoms with van der Waals surface area (Å²) in [4.78, 5) is 17.0. The summed E-state index contributed by atoms with van der Waals surface area (Å²) in [6, 6.07) is 19.6. The molecule has 0 spiro atoms. The highest BCUT2D eigenvalue weighted by molar-refractivity contribution is 5.50. The topological polar surface area (TPSA) is 55.2 Å². The minimum atomic E-state index is -0.156. The average Bonchev–Trinajstić information content (AvgIpc) is 2.84. The third-order valence-electron chi connectivity index (χ3n) is 5.49. The van der Waals surface area contributed by atoms with Crippen molar-refractivity contribution in [2.45, 2.75) is 6.54 Å².